The van der Waals surface area contributed by atoms with E-state index in [2.05, 4.69) is 66.0 Å². The number of nitrogens with one attached hydrogen (secondary N) is 1. The summed E-state index contributed by atoms with van der Waals surface area (Å²) < 4.78 is 5.23. The molecule has 108 valence electrons. The monoisotopic (exact) mass is 279 g/mol. The SMILES string of the molecule is COc1ccc(C2CCNC(=Cc3ccccc3)C2)cc1. The van der Waals surface area contributed by atoms with Crippen molar-refractivity contribution in [2.45, 2.75) is 18.8 Å². The summed E-state index contributed by atoms with van der Waals surface area (Å²) in [5, 5.41) is 3.53. The van der Waals surface area contributed by atoms with E-state index < -0.39 is 0 Å². The predicted molar refractivity (Wildman–Crippen MR) is 87.4 cm³/mol. The van der Waals surface area contributed by atoms with Gasteiger partial charge in [0.1, 0.15) is 5.75 Å². The van der Waals surface area contributed by atoms with Crippen LogP contribution in [-0.2, 0) is 0 Å². The van der Waals surface area contributed by atoms with Crippen molar-refractivity contribution in [2.24, 2.45) is 0 Å². The van der Waals surface area contributed by atoms with Crippen molar-refractivity contribution in [1.29, 1.82) is 0 Å². The van der Waals surface area contributed by atoms with Crippen molar-refractivity contribution in [3.63, 3.8) is 0 Å². The molecule has 0 radical (unpaired) electrons. The van der Waals surface area contributed by atoms with Crippen LogP contribution in [0.3, 0.4) is 0 Å². The lowest BCUT2D eigenvalue weighted by Crippen LogP contribution is -2.24. The first-order chi connectivity index (χ1) is 10.3. The molecule has 1 saturated heterocycles. The molecule has 0 saturated carbocycles. The molecule has 3 rings (SSSR count). The van der Waals surface area contributed by atoms with Gasteiger partial charge in [0.05, 0.1) is 7.11 Å². The van der Waals surface area contributed by atoms with Crippen molar-refractivity contribution in [3.8, 4) is 5.75 Å². The van der Waals surface area contributed by atoms with E-state index in [-0.39, 0.29) is 0 Å². The Hall–Kier alpha value is -2.22. The van der Waals surface area contributed by atoms with E-state index >= 15 is 0 Å². The van der Waals surface area contributed by atoms with E-state index in [0.717, 1.165) is 18.7 Å². The minimum Gasteiger partial charge on any atom is -0.497 e. The Kier molecular flexibility index (Phi) is 4.25. The molecule has 2 heteroatoms. The molecule has 1 aliphatic rings. The molecule has 0 aliphatic carbocycles. The van der Waals surface area contributed by atoms with Crippen LogP contribution in [0.1, 0.15) is 29.9 Å². The van der Waals surface area contributed by atoms with Crippen molar-refractivity contribution < 1.29 is 4.74 Å². The molecule has 1 atom stereocenters. The molecule has 0 bridgehead atoms. The number of hydrogen-bond donors (Lipinski definition) is 1. The van der Waals surface area contributed by atoms with Crippen molar-refractivity contribution in [2.75, 3.05) is 13.7 Å². The zero-order valence-corrected chi connectivity index (χ0v) is 12.4. The van der Waals surface area contributed by atoms with Crippen LogP contribution in [0.4, 0.5) is 0 Å². The maximum absolute atomic E-state index is 5.23. The lowest BCUT2D eigenvalue weighted by molar-refractivity contribution is 0.414. The number of methoxy groups -OCH3 is 1. The second-order valence-corrected chi connectivity index (χ2v) is 5.47. The highest BCUT2D eigenvalue weighted by Gasteiger charge is 2.18. The third-order valence-corrected chi connectivity index (χ3v) is 4.04. The van der Waals surface area contributed by atoms with Crippen LogP contribution in [0, 0.1) is 0 Å². The topological polar surface area (TPSA) is 21.3 Å². The van der Waals surface area contributed by atoms with Gasteiger partial charge in [-0.3, -0.25) is 0 Å². The molecule has 2 aromatic carbocycles. The zero-order valence-electron chi connectivity index (χ0n) is 12.4. The molecular formula is C19H21NO. The van der Waals surface area contributed by atoms with Gasteiger partial charge in [-0.25, -0.2) is 0 Å². The lowest BCUT2D eigenvalue weighted by Gasteiger charge is -2.26. The van der Waals surface area contributed by atoms with Crippen molar-refractivity contribution in [1.82, 2.24) is 5.32 Å². The van der Waals surface area contributed by atoms with Gasteiger partial charge >= 0.3 is 0 Å². The summed E-state index contributed by atoms with van der Waals surface area (Å²) in [6.45, 7) is 1.04. The maximum atomic E-state index is 5.23. The normalized spacial score (nSPS) is 20.0. The Labute approximate surface area is 126 Å². The van der Waals surface area contributed by atoms with Crippen molar-refractivity contribution >= 4 is 6.08 Å². The first-order valence-electron chi connectivity index (χ1n) is 7.48. The van der Waals surface area contributed by atoms with E-state index in [4.69, 9.17) is 4.74 Å². The van der Waals surface area contributed by atoms with Crippen LogP contribution in [-0.4, -0.2) is 13.7 Å². The molecule has 0 aromatic heterocycles. The fourth-order valence-corrected chi connectivity index (χ4v) is 2.87. The van der Waals surface area contributed by atoms with Gasteiger partial charge in [0, 0.05) is 12.2 Å². The molecule has 2 nitrogen and oxygen atoms in total. The average molecular weight is 279 g/mol. The standard InChI is InChI=1S/C19H21NO/c1-21-19-9-7-16(8-10-19)17-11-12-20-18(14-17)13-15-5-3-2-4-6-15/h2-10,13,17,20H,11-12,14H2,1H3. The van der Waals surface area contributed by atoms with Gasteiger partial charge in [-0.05, 0) is 48.1 Å². The molecule has 1 N–H and O–H groups in total. The highest BCUT2D eigenvalue weighted by molar-refractivity contribution is 5.52. The van der Waals surface area contributed by atoms with Crippen LogP contribution >= 0.6 is 0 Å². The zero-order chi connectivity index (χ0) is 14.5. The number of benzene rings is 2. The second-order valence-electron chi connectivity index (χ2n) is 5.47. The second kappa shape index (κ2) is 6.49. The van der Waals surface area contributed by atoms with Crippen LogP contribution in [0.15, 0.2) is 60.3 Å². The van der Waals surface area contributed by atoms with E-state index in [1.165, 1.54) is 23.2 Å². The minimum absolute atomic E-state index is 0.590. The fraction of sp³-hybridized carbons (Fsp3) is 0.263. The Morgan fingerprint density at radius 3 is 2.52 bits per heavy atom. The average Bonchev–Trinajstić information content (AvgIpc) is 2.56. The lowest BCUT2D eigenvalue weighted by atomic mass is 9.88. The highest BCUT2D eigenvalue weighted by Crippen LogP contribution is 2.31. The van der Waals surface area contributed by atoms with E-state index in [0.29, 0.717) is 5.92 Å². The van der Waals surface area contributed by atoms with Gasteiger partial charge in [-0.2, -0.15) is 0 Å². The highest BCUT2D eigenvalue weighted by atomic mass is 16.5. The summed E-state index contributed by atoms with van der Waals surface area (Å²) in [4.78, 5) is 0. The van der Waals surface area contributed by atoms with Gasteiger partial charge in [-0.1, -0.05) is 42.5 Å². The largest absolute Gasteiger partial charge is 0.497 e. The van der Waals surface area contributed by atoms with Crippen LogP contribution in [0.25, 0.3) is 6.08 Å². The summed E-state index contributed by atoms with van der Waals surface area (Å²) in [5.74, 6) is 1.51. The first-order valence-corrected chi connectivity index (χ1v) is 7.48. The Bertz CT molecular complexity index is 601. The van der Waals surface area contributed by atoms with E-state index in [1.807, 2.05) is 0 Å². The molecule has 1 unspecified atom stereocenters. The van der Waals surface area contributed by atoms with Gasteiger partial charge in [0.2, 0.25) is 0 Å². The smallest absolute Gasteiger partial charge is 0.118 e. The van der Waals surface area contributed by atoms with Crippen LogP contribution in [0.5, 0.6) is 5.75 Å². The number of piperidine rings is 1. The molecule has 1 heterocycles. The third kappa shape index (κ3) is 3.46. The number of allylic oxidation sites excluding steroid dienone is 1. The first kappa shape index (κ1) is 13.7. The van der Waals surface area contributed by atoms with Crippen molar-refractivity contribution in [3.05, 3.63) is 71.4 Å². The molecule has 1 fully saturated rings. The summed E-state index contributed by atoms with van der Waals surface area (Å²) in [6, 6.07) is 19.0. The molecular weight excluding hydrogens is 258 g/mol. The number of hydrogen-bond acceptors (Lipinski definition) is 2. The van der Waals surface area contributed by atoms with E-state index in [9.17, 15) is 0 Å². The molecule has 1 aliphatic heterocycles. The molecule has 2 aromatic rings. The minimum atomic E-state index is 0.590. The Balaban J connectivity index is 1.74. The molecule has 21 heavy (non-hydrogen) atoms. The fourth-order valence-electron chi connectivity index (χ4n) is 2.87. The van der Waals surface area contributed by atoms with E-state index in [1.54, 1.807) is 7.11 Å². The van der Waals surface area contributed by atoms with Crippen LogP contribution < -0.4 is 10.1 Å². The summed E-state index contributed by atoms with van der Waals surface area (Å²) in [6.07, 6.45) is 4.51. The Morgan fingerprint density at radius 2 is 1.81 bits per heavy atom. The van der Waals surface area contributed by atoms with Gasteiger partial charge < -0.3 is 10.1 Å². The van der Waals surface area contributed by atoms with Crippen LogP contribution in [0.2, 0.25) is 0 Å². The summed E-state index contributed by atoms with van der Waals surface area (Å²) in [7, 11) is 1.71. The quantitative estimate of drug-likeness (QED) is 0.909. The van der Waals surface area contributed by atoms with Gasteiger partial charge in [0.25, 0.3) is 0 Å². The summed E-state index contributed by atoms with van der Waals surface area (Å²) >= 11 is 0. The predicted octanol–water partition coefficient (Wildman–Crippen LogP) is 4.20. The molecule has 0 spiro atoms. The summed E-state index contributed by atoms with van der Waals surface area (Å²) in [5.41, 5.74) is 3.99. The maximum Gasteiger partial charge on any atom is 0.118 e. The Morgan fingerprint density at radius 1 is 1.05 bits per heavy atom. The third-order valence-electron chi connectivity index (χ3n) is 4.04. The molecule has 0 amide bonds. The number of rotatable bonds is 3. The van der Waals surface area contributed by atoms with Gasteiger partial charge in [0.15, 0.2) is 0 Å². The van der Waals surface area contributed by atoms with Gasteiger partial charge in [-0.15, -0.1) is 0 Å². The number of ether oxygens (including phenoxy) is 1.